The molecular formula is C17H22N2O. The molecule has 0 fully saturated rings. The highest BCUT2D eigenvalue weighted by Gasteiger charge is 2.07. The maximum Gasteiger partial charge on any atom is 0.130 e. The summed E-state index contributed by atoms with van der Waals surface area (Å²) >= 11 is 0. The maximum absolute atomic E-state index is 5.91. The highest BCUT2D eigenvalue weighted by atomic mass is 16.5. The van der Waals surface area contributed by atoms with Crippen molar-refractivity contribution in [3.63, 3.8) is 0 Å². The molecule has 106 valence electrons. The molecule has 1 aromatic carbocycles. The van der Waals surface area contributed by atoms with Gasteiger partial charge in [-0.1, -0.05) is 38.1 Å². The lowest BCUT2D eigenvalue weighted by molar-refractivity contribution is 0.297. The molecule has 0 aliphatic heterocycles. The Balaban J connectivity index is 2.01. The van der Waals surface area contributed by atoms with E-state index >= 15 is 0 Å². The van der Waals surface area contributed by atoms with Crippen LogP contribution in [0.3, 0.4) is 0 Å². The van der Waals surface area contributed by atoms with E-state index in [-0.39, 0.29) is 0 Å². The molecule has 0 unspecified atom stereocenters. The van der Waals surface area contributed by atoms with Gasteiger partial charge in [-0.05, 0) is 36.2 Å². The fraction of sp³-hybridized carbons (Fsp3) is 0.353. The molecule has 20 heavy (non-hydrogen) atoms. The Morgan fingerprint density at radius 3 is 2.60 bits per heavy atom. The van der Waals surface area contributed by atoms with Gasteiger partial charge in [-0.2, -0.15) is 0 Å². The summed E-state index contributed by atoms with van der Waals surface area (Å²) in [6, 6.07) is 12.3. The number of nitrogens with one attached hydrogen (secondary N) is 1. The molecule has 0 amide bonds. The molecule has 3 nitrogen and oxygen atoms in total. The van der Waals surface area contributed by atoms with Crippen LogP contribution in [0, 0.1) is 0 Å². The minimum absolute atomic E-state index is 0.456. The summed E-state index contributed by atoms with van der Waals surface area (Å²) in [5, 5.41) is 3.11. The van der Waals surface area contributed by atoms with Crippen molar-refractivity contribution in [2.24, 2.45) is 0 Å². The maximum atomic E-state index is 5.91. The van der Waals surface area contributed by atoms with Crippen LogP contribution in [0.5, 0.6) is 5.75 Å². The van der Waals surface area contributed by atoms with Gasteiger partial charge in [-0.3, -0.25) is 4.98 Å². The molecule has 3 heteroatoms. The molecule has 2 aromatic rings. The first-order valence-corrected chi connectivity index (χ1v) is 7.01. The average molecular weight is 270 g/mol. The molecule has 0 aliphatic carbocycles. The van der Waals surface area contributed by atoms with E-state index in [4.69, 9.17) is 4.74 Å². The SMILES string of the molecule is CNCc1ccc(COc2ccccc2C(C)C)nc1. The standard InChI is InChI=1S/C17H22N2O/c1-13(2)16-6-4-5-7-17(16)20-12-15-9-8-14(10-18-3)11-19-15/h4-9,11,13,18H,10,12H2,1-3H3. The predicted molar refractivity (Wildman–Crippen MR) is 81.9 cm³/mol. The summed E-state index contributed by atoms with van der Waals surface area (Å²) in [4.78, 5) is 4.42. The molecule has 0 bridgehead atoms. The molecule has 1 heterocycles. The van der Waals surface area contributed by atoms with Gasteiger partial charge in [0.15, 0.2) is 0 Å². The van der Waals surface area contributed by atoms with Crippen LogP contribution in [0.15, 0.2) is 42.6 Å². The van der Waals surface area contributed by atoms with Gasteiger partial charge in [-0.25, -0.2) is 0 Å². The highest BCUT2D eigenvalue weighted by molar-refractivity contribution is 5.35. The van der Waals surface area contributed by atoms with Crippen molar-refractivity contribution in [3.05, 3.63) is 59.4 Å². The van der Waals surface area contributed by atoms with Gasteiger partial charge < -0.3 is 10.1 Å². The largest absolute Gasteiger partial charge is 0.487 e. The summed E-state index contributed by atoms with van der Waals surface area (Å²) in [6.07, 6.45) is 1.89. The van der Waals surface area contributed by atoms with Crippen LogP contribution >= 0.6 is 0 Å². The summed E-state index contributed by atoms with van der Waals surface area (Å²) in [7, 11) is 1.93. The zero-order chi connectivity index (χ0) is 14.4. The Hall–Kier alpha value is -1.87. The van der Waals surface area contributed by atoms with Crippen molar-refractivity contribution < 1.29 is 4.74 Å². The van der Waals surface area contributed by atoms with Gasteiger partial charge in [-0.15, -0.1) is 0 Å². The fourth-order valence-electron chi connectivity index (χ4n) is 2.09. The molecule has 2 rings (SSSR count). The lowest BCUT2D eigenvalue weighted by Gasteiger charge is -2.13. The van der Waals surface area contributed by atoms with E-state index in [0.717, 1.165) is 18.0 Å². The number of benzene rings is 1. The van der Waals surface area contributed by atoms with E-state index in [2.05, 4.69) is 36.3 Å². The first-order chi connectivity index (χ1) is 9.70. The van der Waals surface area contributed by atoms with Crippen LogP contribution in [0.4, 0.5) is 0 Å². The van der Waals surface area contributed by atoms with E-state index in [1.807, 2.05) is 37.5 Å². The normalized spacial score (nSPS) is 10.8. The molecule has 0 radical (unpaired) electrons. The third kappa shape index (κ3) is 3.81. The Morgan fingerprint density at radius 2 is 1.95 bits per heavy atom. The molecular weight excluding hydrogens is 248 g/mol. The first kappa shape index (κ1) is 14.5. The number of hydrogen-bond acceptors (Lipinski definition) is 3. The van der Waals surface area contributed by atoms with Crippen molar-refractivity contribution in [3.8, 4) is 5.75 Å². The second-order valence-electron chi connectivity index (χ2n) is 5.17. The van der Waals surface area contributed by atoms with Gasteiger partial charge >= 0.3 is 0 Å². The van der Waals surface area contributed by atoms with E-state index in [1.165, 1.54) is 11.1 Å². The number of rotatable bonds is 6. The van der Waals surface area contributed by atoms with E-state index in [9.17, 15) is 0 Å². The minimum Gasteiger partial charge on any atom is -0.487 e. The number of nitrogens with zero attached hydrogens (tertiary/aromatic N) is 1. The number of para-hydroxylation sites is 1. The molecule has 0 saturated carbocycles. The smallest absolute Gasteiger partial charge is 0.130 e. The van der Waals surface area contributed by atoms with Crippen LogP contribution in [-0.2, 0) is 13.2 Å². The van der Waals surface area contributed by atoms with E-state index in [1.54, 1.807) is 0 Å². The predicted octanol–water partition coefficient (Wildman–Crippen LogP) is 3.50. The van der Waals surface area contributed by atoms with Crippen LogP contribution in [0.25, 0.3) is 0 Å². The number of ether oxygens (including phenoxy) is 1. The monoisotopic (exact) mass is 270 g/mol. The molecule has 0 aliphatic rings. The minimum atomic E-state index is 0.456. The fourth-order valence-corrected chi connectivity index (χ4v) is 2.09. The molecule has 0 saturated heterocycles. The molecule has 1 aromatic heterocycles. The summed E-state index contributed by atoms with van der Waals surface area (Å²) in [5.74, 6) is 1.40. The van der Waals surface area contributed by atoms with Gasteiger partial charge in [0.05, 0.1) is 5.69 Å². The number of aromatic nitrogens is 1. The lowest BCUT2D eigenvalue weighted by Crippen LogP contribution is -2.06. The van der Waals surface area contributed by atoms with Crippen molar-refractivity contribution >= 4 is 0 Å². The quantitative estimate of drug-likeness (QED) is 0.872. The summed E-state index contributed by atoms with van der Waals surface area (Å²) < 4.78 is 5.91. The highest BCUT2D eigenvalue weighted by Crippen LogP contribution is 2.26. The van der Waals surface area contributed by atoms with Crippen molar-refractivity contribution in [1.82, 2.24) is 10.3 Å². The van der Waals surface area contributed by atoms with Crippen molar-refractivity contribution in [2.75, 3.05) is 7.05 Å². The molecule has 1 N–H and O–H groups in total. The third-order valence-corrected chi connectivity index (χ3v) is 3.18. The van der Waals surface area contributed by atoms with Crippen LogP contribution in [0.2, 0.25) is 0 Å². The molecule has 0 spiro atoms. The number of pyridine rings is 1. The van der Waals surface area contributed by atoms with Gasteiger partial charge in [0, 0.05) is 12.7 Å². The Morgan fingerprint density at radius 1 is 1.15 bits per heavy atom. The third-order valence-electron chi connectivity index (χ3n) is 3.18. The van der Waals surface area contributed by atoms with Crippen molar-refractivity contribution in [1.29, 1.82) is 0 Å². The van der Waals surface area contributed by atoms with E-state index < -0.39 is 0 Å². The average Bonchev–Trinajstić information content (AvgIpc) is 2.47. The van der Waals surface area contributed by atoms with Crippen molar-refractivity contribution in [2.45, 2.75) is 32.9 Å². The second kappa shape index (κ2) is 7.06. The number of hydrogen-bond donors (Lipinski definition) is 1. The Kier molecular flexibility index (Phi) is 5.13. The van der Waals surface area contributed by atoms with Gasteiger partial charge in [0.2, 0.25) is 0 Å². The summed E-state index contributed by atoms with van der Waals surface area (Å²) in [5.41, 5.74) is 3.36. The van der Waals surface area contributed by atoms with Crippen LogP contribution < -0.4 is 10.1 Å². The first-order valence-electron chi connectivity index (χ1n) is 7.01. The Labute approximate surface area is 121 Å². The zero-order valence-corrected chi connectivity index (χ0v) is 12.4. The Bertz CT molecular complexity index is 535. The van der Waals surface area contributed by atoms with Crippen LogP contribution in [0.1, 0.15) is 36.6 Å². The van der Waals surface area contributed by atoms with E-state index in [0.29, 0.717) is 12.5 Å². The summed E-state index contributed by atoms with van der Waals surface area (Å²) in [6.45, 7) is 5.69. The second-order valence-corrected chi connectivity index (χ2v) is 5.17. The zero-order valence-electron chi connectivity index (χ0n) is 12.4. The lowest BCUT2D eigenvalue weighted by atomic mass is 10.0. The molecule has 0 atom stereocenters. The van der Waals surface area contributed by atoms with Gasteiger partial charge in [0.1, 0.15) is 12.4 Å². The van der Waals surface area contributed by atoms with Gasteiger partial charge in [0.25, 0.3) is 0 Å². The topological polar surface area (TPSA) is 34.1 Å². The van der Waals surface area contributed by atoms with Crippen LogP contribution in [-0.4, -0.2) is 12.0 Å².